The summed E-state index contributed by atoms with van der Waals surface area (Å²) in [5.74, 6) is 0.170. The summed E-state index contributed by atoms with van der Waals surface area (Å²) >= 11 is 0. The van der Waals surface area contributed by atoms with Gasteiger partial charge in [-0.2, -0.15) is 0 Å². The lowest BCUT2D eigenvalue weighted by Gasteiger charge is -2.24. The second-order valence-electron chi connectivity index (χ2n) is 4.24. The Hall–Kier alpha value is -1.02. The van der Waals surface area contributed by atoms with Gasteiger partial charge in [0, 0.05) is 5.56 Å². The van der Waals surface area contributed by atoms with Crippen molar-refractivity contribution in [1.29, 1.82) is 0 Å². The third-order valence-corrected chi connectivity index (χ3v) is 2.92. The predicted molar refractivity (Wildman–Crippen MR) is 57.3 cm³/mol. The van der Waals surface area contributed by atoms with Crippen molar-refractivity contribution in [3.8, 4) is 5.75 Å². The number of aliphatic hydroxyl groups excluding tert-OH is 1. The highest BCUT2D eigenvalue weighted by Gasteiger charge is 2.18. The molecule has 0 bridgehead atoms. The molecule has 0 heterocycles. The second kappa shape index (κ2) is 4.01. The number of benzene rings is 1. The number of aliphatic hydroxyl groups is 1. The molecule has 1 rings (SSSR count). The maximum absolute atomic E-state index is 9.41. The van der Waals surface area contributed by atoms with Gasteiger partial charge in [-0.1, -0.05) is 26.8 Å². The predicted octanol–water partition coefficient (Wildman–Crippen LogP) is 2.57. The van der Waals surface area contributed by atoms with E-state index in [2.05, 4.69) is 20.8 Å². The lowest BCUT2D eigenvalue weighted by atomic mass is 9.81. The standard InChI is InChI=1S/C12H18O2/c1-4-12(2,3)10-5-6-11(14)9(7-10)8-13/h5-7,13-14H,4,8H2,1-3H3. The van der Waals surface area contributed by atoms with Crippen LogP contribution in [-0.2, 0) is 12.0 Å². The van der Waals surface area contributed by atoms with E-state index in [-0.39, 0.29) is 17.8 Å². The first-order chi connectivity index (χ1) is 6.51. The van der Waals surface area contributed by atoms with Crippen LogP contribution in [0.15, 0.2) is 18.2 Å². The molecule has 0 aliphatic rings. The van der Waals surface area contributed by atoms with E-state index in [0.29, 0.717) is 5.56 Å². The summed E-state index contributed by atoms with van der Waals surface area (Å²) in [7, 11) is 0. The van der Waals surface area contributed by atoms with Gasteiger partial charge in [0.05, 0.1) is 6.61 Å². The molecule has 0 aliphatic heterocycles. The first-order valence-corrected chi connectivity index (χ1v) is 4.94. The quantitative estimate of drug-likeness (QED) is 0.776. The highest BCUT2D eigenvalue weighted by atomic mass is 16.3. The van der Waals surface area contributed by atoms with E-state index in [1.165, 1.54) is 0 Å². The molecule has 2 heteroatoms. The monoisotopic (exact) mass is 194 g/mol. The molecule has 0 radical (unpaired) electrons. The number of hydrogen-bond donors (Lipinski definition) is 2. The molecule has 0 spiro atoms. The Morgan fingerprint density at radius 3 is 2.43 bits per heavy atom. The number of hydrogen-bond acceptors (Lipinski definition) is 2. The van der Waals surface area contributed by atoms with Gasteiger partial charge in [-0.05, 0) is 29.5 Å². The summed E-state index contributed by atoms with van der Waals surface area (Å²) in [6, 6.07) is 5.44. The summed E-state index contributed by atoms with van der Waals surface area (Å²) in [4.78, 5) is 0. The SMILES string of the molecule is CCC(C)(C)c1ccc(O)c(CO)c1. The van der Waals surface area contributed by atoms with Crippen molar-refractivity contribution in [1.82, 2.24) is 0 Å². The zero-order valence-electron chi connectivity index (χ0n) is 9.04. The van der Waals surface area contributed by atoms with Crippen molar-refractivity contribution in [3.63, 3.8) is 0 Å². The van der Waals surface area contributed by atoms with Crippen LogP contribution in [0.2, 0.25) is 0 Å². The highest BCUT2D eigenvalue weighted by molar-refractivity contribution is 5.38. The van der Waals surface area contributed by atoms with Gasteiger partial charge in [0.15, 0.2) is 0 Å². The van der Waals surface area contributed by atoms with Crippen LogP contribution in [0, 0.1) is 0 Å². The Balaban J connectivity index is 3.12. The molecule has 2 N–H and O–H groups in total. The molecule has 78 valence electrons. The van der Waals surface area contributed by atoms with Gasteiger partial charge in [-0.25, -0.2) is 0 Å². The molecule has 0 saturated carbocycles. The maximum Gasteiger partial charge on any atom is 0.121 e. The van der Waals surface area contributed by atoms with Crippen LogP contribution < -0.4 is 0 Å². The van der Waals surface area contributed by atoms with Crippen LogP contribution >= 0.6 is 0 Å². The summed E-state index contributed by atoms with van der Waals surface area (Å²) in [6.45, 7) is 6.33. The Bertz CT molecular complexity index is 316. The molecule has 2 nitrogen and oxygen atoms in total. The van der Waals surface area contributed by atoms with Crippen molar-refractivity contribution >= 4 is 0 Å². The van der Waals surface area contributed by atoms with E-state index in [4.69, 9.17) is 5.11 Å². The van der Waals surface area contributed by atoms with Crippen molar-refractivity contribution < 1.29 is 10.2 Å². The third kappa shape index (κ3) is 2.07. The van der Waals surface area contributed by atoms with E-state index in [9.17, 15) is 5.11 Å². The molecular weight excluding hydrogens is 176 g/mol. The molecule has 0 atom stereocenters. The maximum atomic E-state index is 9.41. The fraction of sp³-hybridized carbons (Fsp3) is 0.500. The van der Waals surface area contributed by atoms with Crippen molar-refractivity contribution in [2.45, 2.75) is 39.2 Å². The van der Waals surface area contributed by atoms with Gasteiger partial charge in [0.1, 0.15) is 5.75 Å². The largest absolute Gasteiger partial charge is 0.508 e. The minimum absolute atomic E-state index is 0.0949. The van der Waals surface area contributed by atoms with Crippen molar-refractivity contribution in [2.75, 3.05) is 0 Å². The number of rotatable bonds is 3. The molecule has 0 unspecified atom stereocenters. The van der Waals surface area contributed by atoms with E-state index in [1.54, 1.807) is 6.07 Å². The fourth-order valence-corrected chi connectivity index (χ4v) is 1.34. The van der Waals surface area contributed by atoms with Gasteiger partial charge in [-0.15, -0.1) is 0 Å². The molecule has 0 amide bonds. The molecular formula is C12H18O2. The molecule has 0 aromatic heterocycles. The molecule has 0 aliphatic carbocycles. The topological polar surface area (TPSA) is 40.5 Å². The van der Waals surface area contributed by atoms with Gasteiger partial charge < -0.3 is 10.2 Å². The van der Waals surface area contributed by atoms with Gasteiger partial charge in [-0.3, -0.25) is 0 Å². The number of aromatic hydroxyl groups is 1. The molecule has 1 aromatic carbocycles. The zero-order chi connectivity index (χ0) is 10.8. The molecule has 1 aromatic rings. The van der Waals surface area contributed by atoms with Gasteiger partial charge in [0.2, 0.25) is 0 Å². The Morgan fingerprint density at radius 1 is 1.29 bits per heavy atom. The summed E-state index contributed by atoms with van der Waals surface area (Å²) in [6.07, 6.45) is 1.03. The molecule has 14 heavy (non-hydrogen) atoms. The van der Waals surface area contributed by atoms with Crippen LogP contribution in [0.3, 0.4) is 0 Å². The zero-order valence-corrected chi connectivity index (χ0v) is 9.04. The summed E-state index contributed by atoms with van der Waals surface area (Å²) in [5, 5.41) is 18.4. The molecule has 0 saturated heterocycles. The van der Waals surface area contributed by atoms with Crippen LogP contribution in [0.4, 0.5) is 0 Å². The third-order valence-electron chi connectivity index (χ3n) is 2.92. The van der Waals surface area contributed by atoms with Crippen LogP contribution in [0.5, 0.6) is 5.75 Å². The van der Waals surface area contributed by atoms with E-state index in [1.807, 2.05) is 12.1 Å². The summed E-state index contributed by atoms with van der Waals surface area (Å²) in [5.41, 5.74) is 1.85. The normalized spacial score (nSPS) is 11.7. The first-order valence-electron chi connectivity index (χ1n) is 4.94. The second-order valence-corrected chi connectivity index (χ2v) is 4.24. The average molecular weight is 194 g/mol. The van der Waals surface area contributed by atoms with Crippen molar-refractivity contribution in [3.05, 3.63) is 29.3 Å². The Morgan fingerprint density at radius 2 is 1.93 bits per heavy atom. The van der Waals surface area contributed by atoms with Crippen molar-refractivity contribution in [2.24, 2.45) is 0 Å². The number of phenols is 1. The van der Waals surface area contributed by atoms with Gasteiger partial charge in [0.25, 0.3) is 0 Å². The summed E-state index contributed by atoms with van der Waals surface area (Å²) < 4.78 is 0. The average Bonchev–Trinajstić information content (AvgIpc) is 2.18. The minimum Gasteiger partial charge on any atom is -0.508 e. The first kappa shape index (κ1) is 11.1. The fourth-order valence-electron chi connectivity index (χ4n) is 1.34. The lowest BCUT2D eigenvalue weighted by molar-refractivity contribution is 0.275. The van der Waals surface area contributed by atoms with Gasteiger partial charge >= 0.3 is 0 Å². The lowest BCUT2D eigenvalue weighted by Crippen LogP contribution is -2.15. The van der Waals surface area contributed by atoms with E-state index >= 15 is 0 Å². The Kier molecular flexibility index (Phi) is 3.17. The van der Waals surface area contributed by atoms with Crippen LogP contribution in [-0.4, -0.2) is 10.2 Å². The highest BCUT2D eigenvalue weighted by Crippen LogP contribution is 2.30. The van der Waals surface area contributed by atoms with Crippen LogP contribution in [0.25, 0.3) is 0 Å². The van der Waals surface area contributed by atoms with E-state index in [0.717, 1.165) is 12.0 Å². The van der Waals surface area contributed by atoms with E-state index < -0.39 is 0 Å². The Labute approximate surface area is 85.2 Å². The molecule has 0 fully saturated rings. The minimum atomic E-state index is -0.112. The van der Waals surface area contributed by atoms with Crippen LogP contribution in [0.1, 0.15) is 38.3 Å². The smallest absolute Gasteiger partial charge is 0.121 e.